The molecule has 0 radical (unpaired) electrons. The minimum atomic E-state index is -3.58. The maximum Gasteiger partial charge on any atom is 0.317 e. The van der Waals surface area contributed by atoms with Crippen molar-refractivity contribution in [3.8, 4) is 0 Å². The largest absolute Gasteiger partial charge is 0.331 e. The summed E-state index contributed by atoms with van der Waals surface area (Å²) in [4.78, 5) is 14.6. The Balaban J connectivity index is 1.16. The molecule has 1 aromatic carbocycles. The monoisotopic (exact) mass is 482 g/mol. The van der Waals surface area contributed by atoms with Crippen molar-refractivity contribution in [3.63, 3.8) is 0 Å². The van der Waals surface area contributed by atoms with E-state index in [0.29, 0.717) is 29.7 Å². The van der Waals surface area contributed by atoms with E-state index in [-0.39, 0.29) is 25.7 Å². The van der Waals surface area contributed by atoms with Crippen LogP contribution < -0.4 is 5.32 Å². The van der Waals surface area contributed by atoms with Gasteiger partial charge in [0.1, 0.15) is 0 Å². The van der Waals surface area contributed by atoms with E-state index in [1.54, 1.807) is 17.0 Å². The van der Waals surface area contributed by atoms with Gasteiger partial charge in [-0.05, 0) is 48.6 Å². The zero-order valence-corrected chi connectivity index (χ0v) is 20.0. The number of rotatable bonds is 5. The van der Waals surface area contributed by atoms with Gasteiger partial charge in [-0.2, -0.15) is 4.31 Å². The summed E-state index contributed by atoms with van der Waals surface area (Å²) in [7, 11) is -3.58. The molecule has 180 valence electrons. The van der Waals surface area contributed by atoms with Crippen LogP contribution in [0, 0.1) is 0 Å². The predicted octanol–water partition coefficient (Wildman–Crippen LogP) is 2.99. The normalized spacial score (nSPS) is 18.3. The Labute approximate surface area is 199 Å². The molecule has 2 aromatic heterocycles. The highest BCUT2D eigenvalue weighted by molar-refractivity contribution is 7.89. The standard InChI is InChI=1S/C24H30N6O3S/c31-24(25-18-23-27-26-22-8-4-5-13-30(22)23)28-14-16-29(17-15-28)34(32,33)21-11-9-20(10-12-21)19-6-2-1-3-7-19/h4-5,8-13,19H,1-3,6-7,14-18H2,(H,25,31). The molecule has 2 amide bonds. The predicted molar refractivity (Wildman–Crippen MR) is 128 cm³/mol. The Hall–Kier alpha value is -2.98. The molecular formula is C24H30N6O3S. The number of carbonyl (C=O) groups excluding carboxylic acids is 1. The number of hydrogen-bond acceptors (Lipinski definition) is 5. The van der Waals surface area contributed by atoms with E-state index in [4.69, 9.17) is 0 Å². The van der Waals surface area contributed by atoms with Gasteiger partial charge < -0.3 is 10.2 Å². The van der Waals surface area contributed by atoms with Gasteiger partial charge in [0.05, 0.1) is 11.4 Å². The topological polar surface area (TPSA) is 99.9 Å². The fraction of sp³-hybridized carbons (Fsp3) is 0.458. The van der Waals surface area contributed by atoms with Gasteiger partial charge in [-0.15, -0.1) is 10.2 Å². The van der Waals surface area contributed by atoms with Gasteiger partial charge in [0.2, 0.25) is 10.0 Å². The summed E-state index contributed by atoms with van der Waals surface area (Å²) in [5.41, 5.74) is 1.96. The lowest BCUT2D eigenvalue weighted by molar-refractivity contribution is 0.171. The van der Waals surface area contributed by atoms with Crippen LogP contribution in [0.5, 0.6) is 0 Å². The molecule has 3 aromatic rings. The van der Waals surface area contributed by atoms with Gasteiger partial charge in [0, 0.05) is 32.4 Å². The smallest absolute Gasteiger partial charge is 0.317 e. The number of aromatic nitrogens is 3. The van der Waals surface area contributed by atoms with Crippen molar-refractivity contribution >= 4 is 21.7 Å². The minimum Gasteiger partial charge on any atom is -0.331 e. The third kappa shape index (κ3) is 4.65. The molecule has 1 aliphatic carbocycles. The van der Waals surface area contributed by atoms with Gasteiger partial charge in [-0.1, -0.05) is 37.5 Å². The second kappa shape index (κ2) is 9.71. The summed E-state index contributed by atoms with van der Waals surface area (Å²) in [6.45, 7) is 1.47. The van der Waals surface area contributed by atoms with Crippen molar-refractivity contribution in [1.82, 2.24) is 29.1 Å². The second-order valence-corrected chi connectivity index (χ2v) is 10.9. The number of benzene rings is 1. The van der Waals surface area contributed by atoms with Crippen LogP contribution in [0.3, 0.4) is 0 Å². The lowest BCUT2D eigenvalue weighted by Crippen LogP contribution is -2.53. The maximum absolute atomic E-state index is 13.1. The highest BCUT2D eigenvalue weighted by Crippen LogP contribution is 2.33. The number of sulfonamides is 1. The fourth-order valence-electron chi connectivity index (χ4n) is 4.91. The molecule has 34 heavy (non-hydrogen) atoms. The molecule has 1 N–H and O–H groups in total. The number of hydrogen-bond donors (Lipinski definition) is 1. The van der Waals surface area contributed by atoms with E-state index in [1.165, 1.54) is 42.0 Å². The maximum atomic E-state index is 13.1. The molecule has 2 aliphatic rings. The summed E-state index contributed by atoms with van der Waals surface area (Å²) in [5, 5.41) is 11.1. The number of nitrogens with zero attached hydrogens (tertiary/aromatic N) is 5. The van der Waals surface area contributed by atoms with Gasteiger partial charge in [-0.25, -0.2) is 13.2 Å². The molecule has 1 saturated carbocycles. The molecule has 1 aliphatic heterocycles. The lowest BCUT2D eigenvalue weighted by Gasteiger charge is -2.34. The SMILES string of the molecule is O=C(NCc1nnc2ccccn12)N1CCN(S(=O)(=O)c2ccc(C3CCCCC3)cc2)CC1. The highest BCUT2D eigenvalue weighted by Gasteiger charge is 2.30. The molecule has 0 spiro atoms. The van der Waals surface area contributed by atoms with Gasteiger partial charge in [0.15, 0.2) is 11.5 Å². The third-order valence-electron chi connectivity index (χ3n) is 6.90. The molecule has 5 rings (SSSR count). The summed E-state index contributed by atoms with van der Waals surface area (Å²) >= 11 is 0. The first-order chi connectivity index (χ1) is 16.5. The lowest BCUT2D eigenvalue weighted by atomic mass is 9.84. The van der Waals surface area contributed by atoms with Crippen molar-refractivity contribution in [2.45, 2.75) is 49.5 Å². The minimum absolute atomic E-state index is 0.235. The average molecular weight is 483 g/mol. The summed E-state index contributed by atoms with van der Waals surface area (Å²) < 4.78 is 29.6. The number of pyridine rings is 1. The van der Waals surface area contributed by atoms with Crippen LogP contribution in [0.2, 0.25) is 0 Å². The first-order valence-electron chi connectivity index (χ1n) is 11.9. The molecule has 1 saturated heterocycles. The molecule has 0 bridgehead atoms. The van der Waals surface area contributed by atoms with E-state index in [0.717, 1.165) is 5.65 Å². The molecule has 3 heterocycles. The van der Waals surface area contributed by atoms with Gasteiger partial charge >= 0.3 is 6.03 Å². The van der Waals surface area contributed by atoms with Crippen LogP contribution in [0.1, 0.15) is 49.4 Å². The van der Waals surface area contributed by atoms with Crippen molar-refractivity contribution in [3.05, 3.63) is 60.0 Å². The Morgan fingerprint density at radius 2 is 1.68 bits per heavy atom. The summed E-state index contributed by atoms with van der Waals surface area (Å²) in [6.07, 6.45) is 8.01. The zero-order valence-electron chi connectivity index (χ0n) is 19.1. The number of urea groups is 1. The molecule has 0 unspecified atom stereocenters. The van der Waals surface area contributed by atoms with E-state index in [1.807, 2.05) is 40.9 Å². The first kappa shape index (κ1) is 22.8. The molecular weight excluding hydrogens is 452 g/mol. The number of amides is 2. The summed E-state index contributed by atoms with van der Waals surface area (Å²) in [5.74, 6) is 1.19. The van der Waals surface area contributed by atoms with Crippen molar-refractivity contribution in [1.29, 1.82) is 0 Å². The highest BCUT2D eigenvalue weighted by atomic mass is 32.2. The molecule has 2 fully saturated rings. The van der Waals surface area contributed by atoms with Crippen molar-refractivity contribution < 1.29 is 13.2 Å². The Kier molecular flexibility index (Phi) is 6.51. The number of piperazine rings is 1. The van der Waals surface area contributed by atoms with Crippen molar-refractivity contribution in [2.75, 3.05) is 26.2 Å². The molecule has 9 nitrogen and oxygen atoms in total. The number of carbonyl (C=O) groups is 1. The van der Waals surface area contributed by atoms with E-state index < -0.39 is 10.0 Å². The van der Waals surface area contributed by atoms with Crippen LogP contribution in [0.15, 0.2) is 53.6 Å². The summed E-state index contributed by atoms with van der Waals surface area (Å²) in [6, 6.07) is 12.8. The van der Waals surface area contributed by atoms with Gasteiger partial charge in [0.25, 0.3) is 0 Å². The Morgan fingerprint density at radius 3 is 2.41 bits per heavy atom. The van der Waals surface area contributed by atoms with Crippen LogP contribution >= 0.6 is 0 Å². The number of nitrogens with one attached hydrogen (secondary N) is 1. The van der Waals surface area contributed by atoms with E-state index in [9.17, 15) is 13.2 Å². The Morgan fingerprint density at radius 1 is 0.941 bits per heavy atom. The van der Waals surface area contributed by atoms with Crippen LogP contribution in [-0.4, -0.2) is 64.4 Å². The van der Waals surface area contributed by atoms with Crippen LogP contribution in [-0.2, 0) is 16.6 Å². The fourth-order valence-corrected chi connectivity index (χ4v) is 6.33. The number of fused-ring (bicyclic) bond motifs is 1. The first-order valence-corrected chi connectivity index (χ1v) is 13.4. The zero-order chi connectivity index (χ0) is 23.5. The van der Waals surface area contributed by atoms with Crippen LogP contribution in [0.4, 0.5) is 4.79 Å². The van der Waals surface area contributed by atoms with Crippen molar-refractivity contribution in [2.24, 2.45) is 0 Å². The van der Waals surface area contributed by atoms with E-state index >= 15 is 0 Å². The third-order valence-corrected chi connectivity index (χ3v) is 8.82. The van der Waals surface area contributed by atoms with E-state index in [2.05, 4.69) is 15.5 Å². The Bertz CT molecular complexity index is 1240. The van der Waals surface area contributed by atoms with Crippen LogP contribution in [0.25, 0.3) is 5.65 Å². The average Bonchev–Trinajstić information content (AvgIpc) is 3.31. The van der Waals surface area contributed by atoms with Gasteiger partial charge in [-0.3, -0.25) is 4.40 Å². The quantitative estimate of drug-likeness (QED) is 0.603. The molecule has 10 heteroatoms. The second-order valence-electron chi connectivity index (χ2n) is 9.00. The molecule has 0 atom stereocenters.